The summed E-state index contributed by atoms with van der Waals surface area (Å²) in [6.07, 6.45) is 3.31. The summed E-state index contributed by atoms with van der Waals surface area (Å²) in [4.78, 5) is 39.8. The zero-order chi connectivity index (χ0) is 25.2. The van der Waals surface area contributed by atoms with E-state index >= 15 is 0 Å². The minimum atomic E-state index is -0.978. The second-order valence-corrected chi connectivity index (χ2v) is 12.4. The van der Waals surface area contributed by atoms with Crippen molar-refractivity contribution in [2.75, 3.05) is 7.11 Å². The molecule has 3 saturated heterocycles. The van der Waals surface area contributed by atoms with Crippen LogP contribution in [0.2, 0.25) is 0 Å². The van der Waals surface area contributed by atoms with E-state index in [1.54, 1.807) is 12.5 Å². The number of esters is 2. The van der Waals surface area contributed by atoms with Gasteiger partial charge in [0.1, 0.15) is 17.5 Å². The molecule has 5 aliphatic rings. The van der Waals surface area contributed by atoms with Crippen molar-refractivity contribution in [3.8, 4) is 0 Å². The molecular weight excluding hydrogens is 452 g/mol. The number of epoxide rings is 1. The molecule has 0 aromatic carbocycles. The lowest BCUT2D eigenvalue weighted by Crippen LogP contribution is -2.71. The average molecular weight is 487 g/mol. The lowest BCUT2D eigenvalue weighted by molar-refractivity contribution is -0.211. The topological polar surface area (TPSA) is 105 Å². The molecule has 1 aromatic rings. The second kappa shape index (κ2) is 6.76. The molecule has 1 aromatic heterocycles. The zero-order valence-electron chi connectivity index (χ0n) is 21.2. The van der Waals surface area contributed by atoms with Gasteiger partial charge >= 0.3 is 11.9 Å². The Bertz CT molecular complexity index is 1110. The van der Waals surface area contributed by atoms with Crippen LogP contribution in [0.3, 0.4) is 0 Å². The van der Waals surface area contributed by atoms with Crippen molar-refractivity contribution in [3.05, 3.63) is 24.2 Å². The third-order valence-corrected chi connectivity index (χ3v) is 10.8. The van der Waals surface area contributed by atoms with Gasteiger partial charge in [-0.15, -0.1) is 0 Å². The first-order valence-corrected chi connectivity index (χ1v) is 12.6. The van der Waals surface area contributed by atoms with Crippen LogP contribution in [0.25, 0.3) is 0 Å². The fourth-order valence-electron chi connectivity index (χ4n) is 9.17. The summed E-state index contributed by atoms with van der Waals surface area (Å²) >= 11 is 0. The molecule has 0 unspecified atom stereocenters. The Morgan fingerprint density at radius 2 is 1.83 bits per heavy atom. The molecule has 3 aliphatic heterocycles. The summed E-state index contributed by atoms with van der Waals surface area (Å²) < 4.78 is 29.2. The lowest BCUT2D eigenvalue weighted by Gasteiger charge is -2.64. The van der Waals surface area contributed by atoms with Gasteiger partial charge in [0.05, 0.1) is 43.2 Å². The summed E-state index contributed by atoms with van der Waals surface area (Å²) in [5.41, 5.74) is -2.79. The van der Waals surface area contributed by atoms with Gasteiger partial charge in [-0.1, -0.05) is 13.8 Å². The van der Waals surface area contributed by atoms with E-state index in [4.69, 9.17) is 23.4 Å². The molecule has 35 heavy (non-hydrogen) atoms. The van der Waals surface area contributed by atoms with Gasteiger partial charge < -0.3 is 23.4 Å². The minimum absolute atomic E-state index is 0.0617. The van der Waals surface area contributed by atoms with Crippen molar-refractivity contribution in [1.29, 1.82) is 0 Å². The molecule has 0 bridgehead atoms. The number of rotatable bonds is 3. The van der Waals surface area contributed by atoms with Crippen molar-refractivity contribution < 1.29 is 37.7 Å². The van der Waals surface area contributed by atoms with Crippen molar-refractivity contribution >= 4 is 17.7 Å². The number of ketones is 1. The summed E-state index contributed by atoms with van der Waals surface area (Å²) in [6, 6.07) is 1.81. The Kier molecular flexibility index (Phi) is 4.49. The Balaban J connectivity index is 1.49. The molecule has 8 heteroatoms. The SMILES string of the molecule is COC(=O)C[C@H]1OC(C)(C)[C@H]2CC(=O)[C@]3(C)[C@H](CC[C@@]4(C)[C@H](c5ccoc5)OC(=O)[C@H]5O[C@]543)[C@]21C. The molecule has 0 radical (unpaired) electrons. The highest BCUT2D eigenvalue weighted by atomic mass is 16.7. The first-order valence-electron chi connectivity index (χ1n) is 12.6. The molecule has 9 atom stereocenters. The molecule has 8 nitrogen and oxygen atoms in total. The number of Topliss-reactive ketones (excluding diaryl/α,β-unsaturated/α-hetero) is 1. The first-order chi connectivity index (χ1) is 16.4. The van der Waals surface area contributed by atoms with Crippen LogP contribution in [0, 0.1) is 28.1 Å². The van der Waals surface area contributed by atoms with Crippen LogP contribution in [0.5, 0.6) is 0 Å². The average Bonchev–Trinajstić information content (AvgIpc) is 3.30. The monoisotopic (exact) mass is 486 g/mol. The number of carbonyl (C=O) groups is 3. The van der Waals surface area contributed by atoms with E-state index in [2.05, 4.69) is 13.8 Å². The Labute approximate surface area is 205 Å². The maximum Gasteiger partial charge on any atom is 0.339 e. The van der Waals surface area contributed by atoms with E-state index in [9.17, 15) is 14.4 Å². The fourth-order valence-corrected chi connectivity index (χ4v) is 9.17. The van der Waals surface area contributed by atoms with Crippen LogP contribution in [-0.2, 0) is 33.3 Å². The maximum absolute atomic E-state index is 14.2. The number of carbonyl (C=O) groups excluding carboxylic acids is 3. The van der Waals surface area contributed by atoms with Crippen molar-refractivity contribution in [2.45, 2.75) is 89.8 Å². The highest BCUT2D eigenvalue weighted by molar-refractivity contribution is 5.93. The van der Waals surface area contributed by atoms with Crippen LogP contribution in [0.4, 0.5) is 0 Å². The van der Waals surface area contributed by atoms with Gasteiger partial charge in [0.25, 0.3) is 0 Å². The quantitative estimate of drug-likeness (QED) is 0.470. The molecule has 2 aliphatic carbocycles. The highest BCUT2D eigenvalue weighted by Crippen LogP contribution is 2.79. The third-order valence-electron chi connectivity index (χ3n) is 10.8. The summed E-state index contributed by atoms with van der Waals surface area (Å²) in [5.74, 6) is -0.842. The van der Waals surface area contributed by atoms with E-state index in [-0.39, 0.29) is 30.0 Å². The molecule has 190 valence electrons. The molecule has 6 rings (SSSR count). The van der Waals surface area contributed by atoms with Gasteiger partial charge in [-0.05, 0) is 45.6 Å². The lowest BCUT2D eigenvalue weighted by atomic mass is 9.37. The van der Waals surface area contributed by atoms with E-state index in [0.29, 0.717) is 12.8 Å². The van der Waals surface area contributed by atoms with E-state index in [0.717, 1.165) is 12.0 Å². The number of fused-ring (bicyclic) bond motifs is 3. The van der Waals surface area contributed by atoms with Crippen molar-refractivity contribution in [3.63, 3.8) is 0 Å². The number of ether oxygens (including phenoxy) is 4. The predicted octanol–water partition coefficient (Wildman–Crippen LogP) is 3.77. The van der Waals surface area contributed by atoms with Crippen LogP contribution in [0.1, 0.15) is 72.0 Å². The van der Waals surface area contributed by atoms with Crippen LogP contribution in [-0.4, -0.2) is 48.2 Å². The molecule has 1 spiro atoms. The highest BCUT2D eigenvalue weighted by Gasteiger charge is 2.89. The van der Waals surface area contributed by atoms with Gasteiger partial charge in [-0.2, -0.15) is 0 Å². The first kappa shape index (κ1) is 23.2. The van der Waals surface area contributed by atoms with Crippen molar-refractivity contribution in [2.24, 2.45) is 28.1 Å². The number of cyclic esters (lactones) is 1. The molecule has 0 amide bonds. The van der Waals surface area contributed by atoms with Gasteiger partial charge in [-0.25, -0.2) is 4.79 Å². The van der Waals surface area contributed by atoms with E-state index < -0.39 is 51.7 Å². The predicted molar refractivity (Wildman–Crippen MR) is 121 cm³/mol. The number of hydrogen-bond acceptors (Lipinski definition) is 8. The molecule has 5 fully saturated rings. The Morgan fingerprint density at radius 1 is 1.09 bits per heavy atom. The number of methoxy groups -OCH3 is 1. The zero-order valence-corrected chi connectivity index (χ0v) is 21.2. The van der Waals surface area contributed by atoms with E-state index in [1.807, 2.05) is 26.8 Å². The smallest absolute Gasteiger partial charge is 0.339 e. The molecular formula is C27H34O8. The summed E-state index contributed by atoms with van der Waals surface area (Å²) in [6.45, 7) is 10.3. The molecule has 2 saturated carbocycles. The molecule has 0 N–H and O–H groups in total. The largest absolute Gasteiger partial charge is 0.472 e. The van der Waals surface area contributed by atoms with Crippen molar-refractivity contribution in [1.82, 2.24) is 0 Å². The summed E-state index contributed by atoms with van der Waals surface area (Å²) in [5, 5.41) is 0. The van der Waals surface area contributed by atoms with Gasteiger partial charge in [0.2, 0.25) is 0 Å². The Morgan fingerprint density at radius 3 is 2.49 bits per heavy atom. The van der Waals surface area contributed by atoms with Gasteiger partial charge in [0.15, 0.2) is 6.10 Å². The third kappa shape index (κ3) is 2.48. The van der Waals surface area contributed by atoms with Crippen LogP contribution >= 0.6 is 0 Å². The number of hydrogen-bond donors (Lipinski definition) is 0. The maximum atomic E-state index is 14.2. The standard InChI is InChI=1S/C27H34O8/c1-23(2)16-11-17(28)26(5)15(25(16,4)18(34-23)12-19(29)31-6)7-9-24(3)20(14-8-10-32-13-14)33-22(30)21-27(24,26)35-21/h8,10,13,15-16,18,20-21H,7,9,11-12H2,1-6H3/t15-,16-,18-,20+,21-,24+,25-,26+,27-/m1/s1. The normalized spacial score (nSPS) is 49.3. The second-order valence-electron chi connectivity index (χ2n) is 12.4. The Hall–Kier alpha value is -2.19. The van der Waals surface area contributed by atoms with Crippen LogP contribution < -0.4 is 0 Å². The molecule has 4 heterocycles. The summed E-state index contributed by atoms with van der Waals surface area (Å²) in [7, 11) is 1.38. The van der Waals surface area contributed by atoms with Gasteiger partial charge in [0, 0.05) is 28.7 Å². The van der Waals surface area contributed by atoms with Gasteiger partial charge in [-0.3, -0.25) is 9.59 Å². The minimum Gasteiger partial charge on any atom is -0.472 e. The fraction of sp³-hybridized carbons (Fsp3) is 0.741. The van der Waals surface area contributed by atoms with Crippen LogP contribution in [0.15, 0.2) is 23.0 Å². The van der Waals surface area contributed by atoms with E-state index in [1.165, 1.54) is 7.11 Å². The number of furan rings is 1.